The summed E-state index contributed by atoms with van der Waals surface area (Å²) >= 11 is 0. The maximum absolute atomic E-state index is 13.2. The average molecular weight is 434 g/mol. The van der Waals surface area contributed by atoms with Crippen molar-refractivity contribution in [2.24, 2.45) is 0 Å². The fourth-order valence-electron chi connectivity index (χ4n) is 2.35. The Labute approximate surface area is 171 Å². The van der Waals surface area contributed by atoms with E-state index in [1.807, 2.05) is 0 Å². The van der Waals surface area contributed by atoms with Gasteiger partial charge in [-0.05, 0) is 30.3 Å². The Morgan fingerprint density at radius 1 is 1.07 bits per heavy atom. The molecule has 0 aliphatic carbocycles. The van der Waals surface area contributed by atoms with Crippen LogP contribution in [-0.4, -0.2) is 30.8 Å². The summed E-state index contributed by atoms with van der Waals surface area (Å²) in [6.45, 7) is -0.233. The molecule has 156 valence electrons. The molecule has 3 aromatic rings. The van der Waals surface area contributed by atoms with Gasteiger partial charge in [-0.25, -0.2) is 26.9 Å². The van der Waals surface area contributed by atoms with Gasteiger partial charge in [0, 0.05) is 37.1 Å². The van der Waals surface area contributed by atoms with Crippen LogP contribution in [0.3, 0.4) is 0 Å². The number of nitrogens with zero attached hydrogens (tertiary/aromatic N) is 2. The number of nitrogens with one attached hydrogen (secondary N) is 2. The summed E-state index contributed by atoms with van der Waals surface area (Å²) in [7, 11) is -4.08. The maximum atomic E-state index is 13.2. The smallest absolute Gasteiger partial charge is 0.240 e. The molecular formula is C19H16F2N4O4S. The van der Waals surface area contributed by atoms with Crippen LogP contribution in [0, 0.1) is 11.6 Å². The minimum absolute atomic E-state index is 0.182. The van der Waals surface area contributed by atoms with Gasteiger partial charge in [0.2, 0.25) is 21.8 Å². The lowest BCUT2D eigenvalue weighted by Crippen LogP contribution is -2.28. The Morgan fingerprint density at radius 2 is 1.90 bits per heavy atom. The summed E-state index contributed by atoms with van der Waals surface area (Å²) in [6.07, 6.45) is 4.23. The van der Waals surface area contributed by atoms with Crippen molar-refractivity contribution in [1.29, 1.82) is 0 Å². The molecule has 1 aromatic heterocycles. The second-order valence-electron chi connectivity index (χ2n) is 5.95. The van der Waals surface area contributed by atoms with Crippen molar-refractivity contribution in [3.05, 3.63) is 72.7 Å². The van der Waals surface area contributed by atoms with E-state index in [0.717, 1.165) is 6.07 Å². The molecule has 0 radical (unpaired) electrons. The molecule has 0 saturated heterocycles. The molecule has 1 amide bonds. The van der Waals surface area contributed by atoms with E-state index in [1.165, 1.54) is 18.6 Å². The number of amides is 1. The molecule has 0 fully saturated rings. The van der Waals surface area contributed by atoms with Crippen LogP contribution in [0.2, 0.25) is 0 Å². The molecule has 1 heterocycles. The van der Waals surface area contributed by atoms with Gasteiger partial charge in [0.1, 0.15) is 5.75 Å². The van der Waals surface area contributed by atoms with Crippen LogP contribution in [0.5, 0.6) is 11.6 Å². The van der Waals surface area contributed by atoms with Crippen molar-refractivity contribution in [1.82, 2.24) is 14.7 Å². The first-order valence-corrected chi connectivity index (χ1v) is 10.1. The van der Waals surface area contributed by atoms with E-state index in [0.29, 0.717) is 23.6 Å². The molecule has 30 heavy (non-hydrogen) atoms. The van der Waals surface area contributed by atoms with Gasteiger partial charge in [-0.15, -0.1) is 0 Å². The number of carbonyl (C=O) groups is 1. The lowest BCUT2D eigenvalue weighted by atomic mass is 10.3. The van der Waals surface area contributed by atoms with Crippen molar-refractivity contribution >= 4 is 21.6 Å². The van der Waals surface area contributed by atoms with E-state index in [2.05, 4.69) is 20.0 Å². The lowest BCUT2D eigenvalue weighted by molar-refractivity contribution is -0.116. The third-order valence-electron chi connectivity index (χ3n) is 3.73. The third kappa shape index (κ3) is 5.78. The largest absolute Gasteiger partial charge is 0.437 e. The molecule has 2 aromatic carbocycles. The summed E-state index contributed by atoms with van der Waals surface area (Å²) < 4.78 is 58.0. The quantitative estimate of drug-likeness (QED) is 0.564. The Bertz CT molecular complexity index is 1140. The highest BCUT2D eigenvalue weighted by atomic mass is 32.2. The molecule has 0 bridgehead atoms. The van der Waals surface area contributed by atoms with Gasteiger partial charge in [-0.3, -0.25) is 9.78 Å². The topological polar surface area (TPSA) is 110 Å². The first-order chi connectivity index (χ1) is 14.3. The van der Waals surface area contributed by atoms with Crippen LogP contribution in [0.1, 0.15) is 6.42 Å². The zero-order valence-electron chi connectivity index (χ0n) is 15.4. The van der Waals surface area contributed by atoms with Gasteiger partial charge < -0.3 is 10.1 Å². The van der Waals surface area contributed by atoms with Gasteiger partial charge in [0.05, 0.1) is 11.1 Å². The Balaban J connectivity index is 1.53. The lowest BCUT2D eigenvalue weighted by Gasteiger charge is -2.09. The number of carbonyl (C=O) groups excluding carboxylic acids is 1. The number of hydrogen-bond acceptors (Lipinski definition) is 6. The van der Waals surface area contributed by atoms with Crippen LogP contribution >= 0.6 is 0 Å². The fraction of sp³-hybridized carbons (Fsp3) is 0.105. The van der Waals surface area contributed by atoms with E-state index in [-0.39, 0.29) is 18.8 Å². The number of halogens is 2. The van der Waals surface area contributed by atoms with Crippen molar-refractivity contribution in [3.63, 3.8) is 0 Å². The van der Waals surface area contributed by atoms with Crippen molar-refractivity contribution in [2.45, 2.75) is 11.3 Å². The molecule has 11 heteroatoms. The number of benzene rings is 2. The SMILES string of the molecule is O=C(CCNS(=O)(=O)c1ccc(F)c(F)c1)Nc1cccc(Oc2cnccn2)c1. The van der Waals surface area contributed by atoms with Crippen molar-refractivity contribution < 1.29 is 26.7 Å². The minimum atomic E-state index is -4.08. The zero-order valence-corrected chi connectivity index (χ0v) is 16.2. The number of anilines is 1. The van der Waals surface area contributed by atoms with E-state index in [9.17, 15) is 22.0 Å². The molecule has 2 N–H and O–H groups in total. The minimum Gasteiger partial charge on any atom is -0.437 e. The number of hydrogen-bond donors (Lipinski definition) is 2. The van der Waals surface area contributed by atoms with E-state index in [1.54, 1.807) is 24.3 Å². The van der Waals surface area contributed by atoms with Crippen LogP contribution in [0.25, 0.3) is 0 Å². The molecule has 0 aliphatic rings. The number of sulfonamides is 1. The second kappa shape index (κ2) is 9.37. The van der Waals surface area contributed by atoms with Gasteiger partial charge >= 0.3 is 0 Å². The van der Waals surface area contributed by atoms with Crippen molar-refractivity contribution in [2.75, 3.05) is 11.9 Å². The Morgan fingerprint density at radius 3 is 2.63 bits per heavy atom. The summed E-state index contributed by atoms with van der Waals surface area (Å²) in [5, 5.41) is 2.61. The second-order valence-corrected chi connectivity index (χ2v) is 7.71. The number of rotatable bonds is 8. The molecule has 0 atom stereocenters. The fourth-order valence-corrected chi connectivity index (χ4v) is 3.39. The highest BCUT2D eigenvalue weighted by Crippen LogP contribution is 2.22. The van der Waals surface area contributed by atoms with Gasteiger partial charge in [-0.1, -0.05) is 6.07 Å². The standard InChI is InChI=1S/C19H16F2N4O4S/c20-16-5-4-15(11-17(16)21)30(27,28)24-7-6-18(26)25-13-2-1-3-14(10-13)29-19-12-22-8-9-23-19/h1-5,8-12,24H,6-7H2,(H,25,26). The highest BCUT2D eigenvalue weighted by Gasteiger charge is 2.16. The number of ether oxygens (including phenoxy) is 1. The highest BCUT2D eigenvalue weighted by molar-refractivity contribution is 7.89. The summed E-state index contributed by atoms with van der Waals surface area (Å²) in [5.74, 6) is -2.18. The van der Waals surface area contributed by atoms with Crippen LogP contribution in [0.4, 0.5) is 14.5 Å². The van der Waals surface area contributed by atoms with E-state index >= 15 is 0 Å². The van der Waals surface area contributed by atoms with E-state index < -0.39 is 32.5 Å². The monoisotopic (exact) mass is 434 g/mol. The Kier molecular flexibility index (Phi) is 6.65. The maximum Gasteiger partial charge on any atom is 0.240 e. The summed E-state index contributed by atoms with van der Waals surface area (Å²) in [6, 6.07) is 8.74. The molecule has 0 aliphatic heterocycles. The predicted octanol–water partition coefficient (Wildman–Crippen LogP) is 2.85. The first kappa shape index (κ1) is 21.3. The molecule has 3 rings (SSSR count). The summed E-state index contributed by atoms with van der Waals surface area (Å²) in [4.78, 5) is 19.5. The molecule has 0 spiro atoms. The number of aromatic nitrogens is 2. The summed E-state index contributed by atoms with van der Waals surface area (Å²) in [5.41, 5.74) is 0.435. The van der Waals surface area contributed by atoms with E-state index in [4.69, 9.17) is 4.74 Å². The Hall–Kier alpha value is -3.44. The zero-order chi connectivity index (χ0) is 21.6. The van der Waals surface area contributed by atoms with Crippen LogP contribution in [0.15, 0.2) is 66.0 Å². The van der Waals surface area contributed by atoms with Gasteiger partial charge in [0.25, 0.3) is 0 Å². The average Bonchev–Trinajstić information content (AvgIpc) is 2.71. The third-order valence-corrected chi connectivity index (χ3v) is 5.18. The molecular weight excluding hydrogens is 418 g/mol. The molecule has 0 saturated carbocycles. The normalized spacial score (nSPS) is 11.1. The molecule has 8 nitrogen and oxygen atoms in total. The van der Waals surface area contributed by atoms with Crippen molar-refractivity contribution in [3.8, 4) is 11.6 Å². The first-order valence-electron chi connectivity index (χ1n) is 8.62. The van der Waals surface area contributed by atoms with Crippen LogP contribution < -0.4 is 14.8 Å². The molecule has 0 unspecified atom stereocenters. The van der Waals surface area contributed by atoms with Gasteiger partial charge in [-0.2, -0.15) is 0 Å². The predicted molar refractivity (Wildman–Crippen MR) is 103 cm³/mol. The van der Waals surface area contributed by atoms with Gasteiger partial charge in [0.15, 0.2) is 11.6 Å². The van der Waals surface area contributed by atoms with Crippen LogP contribution in [-0.2, 0) is 14.8 Å².